The van der Waals surface area contributed by atoms with Crippen LogP contribution in [0.5, 0.6) is 5.75 Å². The first-order chi connectivity index (χ1) is 13.2. The Labute approximate surface area is 154 Å². The van der Waals surface area contributed by atoms with Gasteiger partial charge in [0.15, 0.2) is 0 Å². The first-order valence-electron chi connectivity index (χ1n) is 8.49. The molecule has 6 heteroatoms. The molecule has 0 fully saturated rings. The van der Waals surface area contributed by atoms with E-state index in [9.17, 15) is 9.59 Å². The maximum Gasteiger partial charge on any atom is 0.275 e. The lowest BCUT2D eigenvalue weighted by Gasteiger charge is -2.08. The summed E-state index contributed by atoms with van der Waals surface area (Å²) in [7, 11) is 1.61. The maximum atomic E-state index is 12.6. The summed E-state index contributed by atoms with van der Waals surface area (Å²) in [4.78, 5) is 28.4. The highest BCUT2D eigenvalue weighted by Gasteiger charge is 2.34. The third-order valence-corrected chi connectivity index (χ3v) is 4.90. The van der Waals surface area contributed by atoms with Crippen LogP contribution in [0.4, 0.5) is 0 Å². The Morgan fingerprint density at radius 3 is 2.70 bits per heavy atom. The van der Waals surface area contributed by atoms with Gasteiger partial charge in [-0.2, -0.15) is 0 Å². The van der Waals surface area contributed by atoms with Crippen molar-refractivity contribution < 1.29 is 14.3 Å². The first kappa shape index (κ1) is 15.5. The van der Waals surface area contributed by atoms with Gasteiger partial charge in [-0.05, 0) is 30.3 Å². The Morgan fingerprint density at radius 2 is 1.85 bits per heavy atom. The van der Waals surface area contributed by atoms with Crippen molar-refractivity contribution >= 4 is 44.9 Å². The summed E-state index contributed by atoms with van der Waals surface area (Å²) in [5.41, 5.74) is 3.14. The van der Waals surface area contributed by atoms with Crippen molar-refractivity contribution in [1.29, 1.82) is 0 Å². The summed E-state index contributed by atoms with van der Waals surface area (Å²) in [6.07, 6.45) is 3.57. The first-order valence-corrected chi connectivity index (χ1v) is 8.49. The molecule has 0 unspecified atom stereocenters. The average molecular weight is 357 g/mol. The van der Waals surface area contributed by atoms with Crippen LogP contribution in [-0.2, 0) is 9.59 Å². The van der Waals surface area contributed by atoms with Crippen LogP contribution in [0.2, 0.25) is 0 Å². The number of amides is 2. The van der Waals surface area contributed by atoms with E-state index in [2.05, 4.69) is 10.3 Å². The molecule has 3 heterocycles. The number of nitrogens with zero attached hydrogens (tertiary/aromatic N) is 1. The van der Waals surface area contributed by atoms with Crippen molar-refractivity contribution in [2.75, 3.05) is 7.11 Å². The monoisotopic (exact) mass is 357 g/mol. The molecule has 6 nitrogen and oxygen atoms in total. The van der Waals surface area contributed by atoms with Gasteiger partial charge >= 0.3 is 0 Å². The number of methoxy groups -OCH3 is 1. The van der Waals surface area contributed by atoms with Gasteiger partial charge in [0.25, 0.3) is 11.8 Å². The Hall–Kier alpha value is -3.80. The van der Waals surface area contributed by atoms with Crippen LogP contribution in [0.3, 0.4) is 0 Å². The lowest BCUT2D eigenvalue weighted by Crippen LogP contribution is -2.23. The number of carbonyl (C=O) groups is 2. The van der Waals surface area contributed by atoms with E-state index in [1.54, 1.807) is 24.1 Å². The number of imide groups is 1. The lowest BCUT2D eigenvalue weighted by molar-refractivity contribution is -0.122. The van der Waals surface area contributed by atoms with Crippen LogP contribution in [0.25, 0.3) is 33.1 Å². The summed E-state index contributed by atoms with van der Waals surface area (Å²) in [5.74, 6) is -0.0678. The molecule has 132 valence electrons. The molecule has 2 amide bonds. The molecule has 2 aromatic carbocycles. The number of fused-ring (bicyclic) bond motifs is 2. The Bertz CT molecular complexity index is 1280. The average Bonchev–Trinajstić information content (AvgIpc) is 3.36. The van der Waals surface area contributed by atoms with Crippen molar-refractivity contribution in [3.05, 3.63) is 66.5 Å². The fourth-order valence-corrected chi connectivity index (χ4v) is 3.65. The van der Waals surface area contributed by atoms with Crippen LogP contribution in [0.1, 0.15) is 5.56 Å². The Kier molecular flexibility index (Phi) is 3.21. The Morgan fingerprint density at radius 1 is 1.00 bits per heavy atom. The van der Waals surface area contributed by atoms with E-state index < -0.39 is 11.8 Å². The molecule has 1 aliphatic heterocycles. The van der Waals surface area contributed by atoms with Gasteiger partial charge in [-0.15, -0.1) is 0 Å². The van der Waals surface area contributed by atoms with Gasteiger partial charge < -0.3 is 14.3 Å². The second-order valence-corrected chi connectivity index (χ2v) is 6.37. The number of rotatable bonds is 3. The van der Waals surface area contributed by atoms with E-state index in [1.165, 1.54) is 0 Å². The third-order valence-electron chi connectivity index (χ3n) is 4.90. The molecule has 4 aromatic rings. The molecule has 0 aliphatic carbocycles. The van der Waals surface area contributed by atoms with Crippen LogP contribution < -0.4 is 10.1 Å². The maximum absolute atomic E-state index is 12.6. The number of hydrogen-bond acceptors (Lipinski definition) is 3. The quantitative estimate of drug-likeness (QED) is 0.553. The highest BCUT2D eigenvalue weighted by atomic mass is 16.5. The number of aromatic amines is 1. The number of nitrogens with one attached hydrogen (secondary N) is 2. The van der Waals surface area contributed by atoms with Crippen molar-refractivity contribution in [3.63, 3.8) is 0 Å². The van der Waals surface area contributed by atoms with E-state index in [0.717, 1.165) is 27.6 Å². The fraction of sp³-hybridized carbons (Fsp3) is 0.0476. The number of carbonyl (C=O) groups excluding carboxylic acids is 2. The molecule has 27 heavy (non-hydrogen) atoms. The Balaban J connectivity index is 1.80. The molecule has 0 bridgehead atoms. The van der Waals surface area contributed by atoms with Crippen molar-refractivity contribution in [1.82, 2.24) is 14.9 Å². The second-order valence-electron chi connectivity index (χ2n) is 6.37. The van der Waals surface area contributed by atoms with E-state index >= 15 is 0 Å². The van der Waals surface area contributed by atoms with Crippen LogP contribution in [0.15, 0.2) is 60.9 Å². The minimum atomic E-state index is -0.409. The molecule has 2 N–H and O–H groups in total. The molecule has 1 aliphatic rings. The van der Waals surface area contributed by atoms with Gasteiger partial charge in [0.2, 0.25) is 0 Å². The minimum absolute atomic E-state index is 0.324. The number of para-hydroxylation sites is 1. The minimum Gasteiger partial charge on any atom is -0.497 e. The summed E-state index contributed by atoms with van der Waals surface area (Å²) < 4.78 is 7.02. The summed E-state index contributed by atoms with van der Waals surface area (Å²) >= 11 is 0. The van der Waals surface area contributed by atoms with Gasteiger partial charge in [-0.1, -0.05) is 18.2 Å². The van der Waals surface area contributed by atoms with Crippen molar-refractivity contribution in [3.8, 4) is 5.75 Å². The van der Waals surface area contributed by atoms with E-state index in [-0.39, 0.29) is 0 Å². The predicted octanol–water partition coefficient (Wildman–Crippen LogP) is 3.16. The van der Waals surface area contributed by atoms with E-state index in [4.69, 9.17) is 4.74 Å². The molecular formula is C21H15N3O3. The van der Waals surface area contributed by atoms with E-state index in [0.29, 0.717) is 16.8 Å². The molecule has 0 saturated carbocycles. The fourth-order valence-electron chi connectivity index (χ4n) is 3.65. The van der Waals surface area contributed by atoms with Gasteiger partial charge in [-0.3, -0.25) is 14.9 Å². The topological polar surface area (TPSA) is 76.1 Å². The number of aromatic nitrogens is 2. The van der Waals surface area contributed by atoms with Crippen molar-refractivity contribution in [2.24, 2.45) is 0 Å². The molecule has 5 rings (SSSR count). The molecular weight excluding hydrogens is 342 g/mol. The zero-order valence-corrected chi connectivity index (χ0v) is 14.4. The second kappa shape index (κ2) is 5.60. The molecule has 0 radical (unpaired) electrons. The van der Waals surface area contributed by atoms with Crippen LogP contribution in [-0.4, -0.2) is 28.5 Å². The predicted molar refractivity (Wildman–Crippen MR) is 103 cm³/mol. The third kappa shape index (κ3) is 2.20. The van der Waals surface area contributed by atoms with Gasteiger partial charge in [0, 0.05) is 34.2 Å². The smallest absolute Gasteiger partial charge is 0.275 e. The number of H-pyrrole nitrogens is 1. The standard InChI is InChI=1S/C21H15N3O3/c1-27-13-6-7-17-12(10-13)8-9-24(17)19-18(20(25)23-21(19)26)15-11-22-16-5-3-2-4-14(15)16/h2-11,22H,1H3,(H,23,25,26). The zero-order chi connectivity index (χ0) is 18.5. The van der Waals surface area contributed by atoms with E-state index in [1.807, 2.05) is 48.5 Å². The van der Waals surface area contributed by atoms with Crippen molar-refractivity contribution in [2.45, 2.75) is 0 Å². The van der Waals surface area contributed by atoms with Crippen LogP contribution >= 0.6 is 0 Å². The molecule has 0 saturated heterocycles. The number of benzene rings is 2. The van der Waals surface area contributed by atoms with Crippen LogP contribution in [0, 0.1) is 0 Å². The normalized spacial score (nSPS) is 14.4. The number of ether oxygens (including phenoxy) is 1. The number of hydrogen-bond donors (Lipinski definition) is 2. The molecule has 0 spiro atoms. The SMILES string of the molecule is COc1ccc2c(ccn2C2=C(c3c[nH]c4ccccc34)C(=O)NC2=O)c1. The highest BCUT2D eigenvalue weighted by molar-refractivity contribution is 6.47. The largest absolute Gasteiger partial charge is 0.497 e. The highest BCUT2D eigenvalue weighted by Crippen LogP contribution is 2.34. The summed E-state index contributed by atoms with van der Waals surface area (Å²) in [5, 5.41) is 4.25. The zero-order valence-electron chi connectivity index (χ0n) is 14.4. The lowest BCUT2D eigenvalue weighted by atomic mass is 10.0. The molecule has 0 atom stereocenters. The van der Waals surface area contributed by atoms with Gasteiger partial charge in [-0.25, -0.2) is 0 Å². The van der Waals surface area contributed by atoms with Gasteiger partial charge in [0.1, 0.15) is 11.4 Å². The summed E-state index contributed by atoms with van der Waals surface area (Å²) in [6.45, 7) is 0. The molecule has 2 aromatic heterocycles. The van der Waals surface area contributed by atoms with Gasteiger partial charge in [0.05, 0.1) is 18.2 Å². The summed E-state index contributed by atoms with van der Waals surface area (Å²) in [6, 6.07) is 15.2.